The monoisotopic (exact) mass is 301 g/mol. The maximum absolute atomic E-state index is 12.7. The van der Waals surface area contributed by atoms with Gasteiger partial charge < -0.3 is 9.64 Å². The molecule has 1 aliphatic carbocycles. The number of rotatable bonds is 2. The molecule has 1 saturated heterocycles. The van der Waals surface area contributed by atoms with E-state index in [9.17, 15) is 4.79 Å². The highest BCUT2D eigenvalue weighted by Gasteiger charge is 2.32. The van der Waals surface area contributed by atoms with Gasteiger partial charge in [0, 0.05) is 50.3 Å². The molecule has 2 fully saturated rings. The van der Waals surface area contributed by atoms with Crippen molar-refractivity contribution in [1.82, 2.24) is 14.9 Å². The first kappa shape index (κ1) is 14.1. The molecule has 2 aliphatic heterocycles. The molecule has 0 spiro atoms. The molecule has 0 unspecified atom stereocenters. The summed E-state index contributed by atoms with van der Waals surface area (Å²) in [5.74, 6) is 1.12. The Morgan fingerprint density at radius 1 is 1.09 bits per heavy atom. The van der Waals surface area contributed by atoms with E-state index >= 15 is 0 Å². The minimum absolute atomic E-state index is 0.156. The fourth-order valence-electron chi connectivity index (χ4n) is 3.68. The van der Waals surface area contributed by atoms with Gasteiger partial charge in [-0.2, -0.15) is 0 Å². The molecule has 1 amide bonds. The lowest BCUT2D eigenvalue weighted by molar-refractivity contribution is -0.138. The number of hydrogen-bond acceptors (Lipinski definition) is 4. The number of amides is 1. The SMILES string of the molecule is O=C(C1CCOCC1)N1CCc2ncnc(C3CC3)c2CC1. The molecule has 22 heavy (non-hydrogen) atoms. The first-order valence-electron chi connectivity index (χ1n) is 8.52. The normalized spacial score (nSPS) is 23.0. The zero-order chi connectivity index (χ0) is 14.9. The second-order valence-electron chi connectivity index (χ2n) is 6.67. The highest BCUT2D eigenvalue weighted by Crippen LogP contribution is 2.41. The maximum atomic E-state index is 12.7. The molecule has 5 nitrogen and oxygen atoms in total. The van der Waals surface area contributed by atoms with Crippen molar-refractivity contribution in [3.05, 3.63) is 23.3 Å². The van der Waals surface area contributed by atoms with Crippen molar-refractivity contribution >= 4 is 5.91 Å². The zero-order valence-electron chi connectivity index (χ0n) is 13.0. The van der Waals surface area contributed by atoms with Crippen molar-refractivity contribution in [1.29, 1.82) is 0 Å². The van der Waals surface area contributed by atoms with Gasteiger partial charge in [-0.15, -0.1) is 0 Å². The van der Waals surface area contributed by atoms with Crippen molar-refractivity contribution < 1.29 is 9.53 Å². The van der Waals surface area contributed by atoms with Crippen LogP contribution in [0, 0.1) is 5.92 Å². The van der Waals surface area contributed by atoms with Crippen LogP contribution in [0.25, 0.3) is 0 Å². The van der Waals surface area contributed by atoms with Gasteiger partial charge in [0.15, 0.2) is 0 Å². The minimum atomic E-state index is 0.156. The van der Waals surface area contributed by atoms with Crippen molar-refractivity contribution in [2.45, 2.75) is 44.4 Å². The third kappa shape index (κ3) is 2.74. The molecule has 1 aromatic rings. The number of hydrogen-bond donors (Lipinski definition) is 0. The van der Waals surface area contributed by atoms with Crippen LogP contribution in [0.5, 0.6) is 0 Å². The lowest BCUT2D eigenvalue weighted by Gasteiger charge is -2.28. The van der Waals surface area contributed by atoms with E-state index < -0.39 is 0 Å². The Bertz CT molecular complexity index is 565. The summed E-state index contributed by atoms with van der Waals surface area (Å²) >= 11 is 0. The van der Waals surface area contributed by atoms with E-state index in [0.29, 0.717) is 11.8 Å². The van der Waals surface area contributed by atoms with E-state index in [-0.39, 0.29) is 5.92 Å². The van der Waals surface area contributed by atoms with Gasteiger partial charge in [-0.05, 0) is 37.7 Å². The predicted octanol–water partition coefficient (Wildman–Crippen LogP) is 1.71. The Morgan fingerprint density at radius 3 is 2.64 bits per heavy atom. The predicted molar refractivity (Wildman–Crippen MR) is 81.5 cm³/mol. The van der Waals surface area contributed by atoms with Crippen molar-refractivity contribution in [3.63, 3.8) is 0 Å². The van der Waals surface area contributed by atoms with Crippen LogP contribution in [0.2, 0.25) is 0 Å². The smallest absolute Gasteiger partial charge is 0.225 e. The number of aromatic nitrogens is 2. The number of carbonyl (C=O) groups excluding carboxylic acids is 1. The topological polar surface area (TPSA) is 55.3 Å². The quantitative estimate of drug-likeness (QED) is 0.834. The molecule has 1 aromatic heterocycles. The van der Waals surface area contributed by atoms with Crippen molar-refractivity contribution in [2.24, 2.45) is 5.92 Å². The van der Waals surface area contributed by atoms with Gasteiger partial charge in [-0.1, -0.05) is 0 Å². The lowest BCUT2D eigenvalue weighted by atomic mass is 9.98. The summed E-state index contributed by atoms with van der Waals surface area (Å²) in [6.07, 6.45) is 7.75. The fraction of sp³-hybridized carbons (Fsp3) is 0.706. The van der Waals surface area contributed by atoms with E-state index in [4.69, 9.17) is 4.74 Å². The van der Waals surface area contributed by atoms with Crippen LogP contribution in [0.1, 0.15) is 48.6 Å². The van der Waals surface area contributed by atoms with Gasteiger partial charge in [-0.3, -0.25) is 4.79 Å². The van der Waals surface area contributed by atoms with Crippen LogP contribution in [-0.2, 0) is 22.4 Å². The Morgan fingerprint density at radius 2 is 1.86 bits per heavy atom. The lowest BCUT2D eigenvalue weighted by Crippen LogP contribution is -2.40. The summed E-state index contributed by atoms with van der Waals surface area (Å²) in [6, 6.07) is 0. The first-order valence-corrected chi connectivity index (χ1v) is 8.52. The molecule has 3 aliphatic rings. The molecule has 0 aromatic carbocycles. The molecule has 0 bridgehead atoms. The molecule has 0 N–H and O–H groups in total. The molecule has 118 valence electrons. The second kappa shape index (κ2) is 5.95. The second-order valence-corrected chi connectivity index (χ2v) is 6.67. The summed E-state index contributed by atoms with van der Waals surface area (Å²) in [5.41, 5.74) is 3.75. The molecule has 0 atom stereocenters. The summed E-state index contributed by atoms with van der Waals surface area (Å²) in [7, 11) is 0. The number of ether oxygens (including phenoxy) is 1. The van der Waals surface area contributed by atoms with Gasteiger partial charge in [-0.25, -0.2) is 9.97 Å². The Balaban J connectivity index is 1.48. The van der Waals surface area contributed by atoms with E-state index in [1.165, 1.54) is 29.8 Å². The van der Waals surface area contributed by atoms with E-state index in [1.54, 1.807) is 6.33 Å². The largest absolute Gasteiger partial charge is 0.381 e. The maximum Gasteiger partial charge on any atom is 0.225 e. The number of carbonyl (C=O) groups is 1. The molecule has 5 heteroatoms. The third-order valence-electron chi connectivity index (χ3n) is 5.16. The Labute approximate surface area is 131 Å². The van der Waals surface area contributed by atoms with Crippen LogP contribution in [-0.4, -0.2) is 47.1 Å². The van der Waals surface area contributed by atoms with Crippen LogP contribution < -0.4 is 0 Å². The minimum Gasteiger partial charge on any atom is -0.381 e. The fourth-order valence-corrected chi connectivity index (χ4v) is 3.68. The molecular formula is C17H23N3O2. The molecule has 3 heterocycles. The standard InChI is InChI=1S/C17H23N3O2/c21-17(13-5-9-22-10-6-13)20-7-3-14-15(4-8-20)18-11-19-16(14)12-1-2-12/h11-13H,1-10H2. The number of nitrogens with zero attached hydrogens (tertiary/aromatic N) is 3. The van der Waals surface area contributed by atoms with Crippen molar-refractivity contribution in [3.8, 4) is 0 Å². The summed E-state index contributed by atoms with van der Waals surface area (Å²) in [4.78, 5) is 23.8. The van der Waals surface area contributed by atoms with Crippen LogP contribution in [0.3, 0.4) is 0 Å². The summed E-state index contributed by atoms with van der Waals surface area (Å²) in [5, 5.41) is 0. The zero-order valence-corrected chi connectivity index (χ0v) is 13.0. The number of fused-ring (bicyclic) bond motifs is 1. The molecular weight excluding hydrogens is 278 g/mol. The van der Waals surface area contributed by atoms with E-state index in [0.717, 1.165) is 52.0 Å². The van der Waals surface area contributed by atoms with Crippen LogP contribution >= 0.6 is 0 Å². The molecule has 1 saturated carbocycles. The first-order chi connectivity index (χ1) is 10.8. The summed E-state index contributed by atoms with van der Waals surface area (Å²) in [6.45, 7) is 3.06. The van der Waals surface area contributed by atoms with Crippen LogP contribution in [0.15, 0.2) is 6.33 Å². The average Bonchev–Trinajstić information content (AvgIpc) is 3.41. The van der Waals surface area contributed by atoms with Gasteiger partial charge in [0.1, 0.15) is 6.33 Å². The Kier molecular flexibility index (Phi) is 3.82. The van der Waals surface area contributed by atoms with Gasteiger partial charge in [0.2, 0.25) is 5.91 Å². The molecule has 0 radical (unpaired) electrons. The highest BCUT2D eigenvalue weighted by atomic mass is 16.5. The van der Waals surface area contributed by atoms with E-state index in [2.05, 4.69) is 9.97 Å². The van der Waals surface area contributed by atoms with Gasteiger partial charge in [0.25, 0.3) is 0 Å². The average molecular weight is 301 g/mol. The van der Waals surface area contributed by atoms with Gasteiger partial charge >= 0.3 is 0 Å². The summed E-state index contributed by atoms with van der Waals surface area (Å²) < 4.78 is 5.37. The molecule has 4 rings (SSSR count). The van der Waals surface area contributed by atoms with Crippen molar-refractivity contribution in [2.75, 3.05) is 26.3 Å². The van der Waals surface area contributed by atoms with Gasteiger partial charge in [0.05, 0.1) is 5.69 Å². The van der Waals surface area contributed by atoms with E-state index in [1.807, 2.05) is 4.90 Å². The third-order valence-corrected chi connectivity index (χ3v) is 5.16. The van der Waals surface area contributed by atoms with Crippen LogP contribution in [0.4, 0.5) is 0 Å². The highest BCUT2D eigenvalue weighted by molar-refractivity contribution is 5.79. The Hall–Kier alpha value is -1.49.